The molecule has 1 aromatic carbocycles. The van der Waals surface area contributed by atoms with E-state index in [-0.39, 0.29) is 5.69 Å². The van der Waals surface area contributed by atoms with E-state index in [1.807, 2.05) is 0 Å². The first kappa shape index (κ1) is 15.1. The highest BCUT2D eigenvalue weighted by atomic mass is 32.2. The summed E-state index contributed by atoms with van der Waals surface area (Å²) in [7, 11) is 0. The van der Waals surface area contributed by atoms with Crippen molar-refractivity contribution in [2.75, 3.05) is 31.2 Å². The minimum Gasteiger partial charge on any atom is -0.398 e. The van der Waals surface area contributed by atoms with Gasteiger partial charge < -0.3 is 16.2 Å². The Bertz CT molecular complexity index is 385. The van der Waals surface area contributed by atoms with E-state index in [2.05, 4.69) is 0 Å². The van der Waals surface area contributed by atoms with E-state index >= 15 is 0 Å². The molecule has 4 N–H and O–H groups in total. The number of thioether (sulfide) groups is 1. The Labute approximate surface area is 108 Å². The molecule has 102 valence electrons. The van der Waals surface area contributed by atoms with Crippen LogP contribution >= 0.6 is 11.8 Å². The van der Waals surface area contributed by atoms with Gasteiger partial charge >= 0.3 is 6.18 Å². The molecule has 18 heavy (non-hydrogen) atoms. The van der Waals surface area contributed by atoms with Crippen LogP contribution in [0, 0.1) is 0 Å². The number of ether oxygens (including phenoxy) is 1. The van der Waals surface area contributed by atoms with Crippen LogP contribution in [0.25, 0.3) is 0 Å². The molecule has 7 heteroatoms. The molecule has 0 saturated carbocycles. The fraction of sp³-hybridized carbons (Fsp3) is 0.455. The van der Waals surface area contributed by atoms with Crippen LogP contribution in [0.1, 0.15) is 5.56 Å². The zero-order chi connectivity index (χ0) is 13.6. The fourth-order valence-electron chi connectivity index (χ4n) is 1.25. The molecule has 0 fully saturated rings. The smallest absolute Gasteiger partial charge is 0.398 e. The minimum atomic E-state index is -4.36. The predicted octanol–water partition coefficient (Wildman–Crippen LogP) is 2.36. The summed E-state index contributed by atoms with van der Waals surface area (Å²) in [5.74, 6) is 0.621. The summed E-state index contributed by atoms with van der Waals surface area (Å²) in [6.45, 7) is 1.42. The highest BCUT2D eigenvalue weighted by Crippen LogP contribution is 2.34. The second kappa shape index (κ2) is 6.86. The van der Waals surface area contributed by atoms with Crippen molar-refractivity contribution in [3.63, 3.8) is 0 Å². The van der Waals surface area contributed by atoms with Crippen molar-refractivity contribution in [2.24, 2.45) is 5.73 Å². The van der Waals surface area contributed by atoms with E-state index in [1.165, 1.54) is 17.8 Å². The Morgan fingerprint density at radius 3 is 2.50 bits per heavy atom. The molecule has 0 aromatic heterocycles. The number of rotatable bonds is 6. The first-order valence-corrected chi connectivity index (χ1v) is 6.31. The number of hydrogen-bond donors (Lipinski definition) is 2. The zero-order valence-electron chi connectivity index (χ0n) is 9.67. The highest BCUT2D eigenvalue weighted by Gasteiger charge is 2.30. The Morgan fingerprint density at radius 2 is 1.94 bits per heavy atom. The number of alkyl halides is 3. The number of nitrogens with two attached hydrogens (primary N) is 2. The second-order valence-corrected chi connectivity index (χ2v) is 4.64. The van der Waals surface area contributed by atoms with Gasteiger partial charge in [0.1, 0.15) is 0 Å². The van der Waals surface area contributed by atoms with Crippen LogP contribution in [-0.4, -0.2) is 25.5 Å². The van der Waals surface area contributed by atoms with Crippen LogP contribution in [0.4, 0.5) is 18.9 Å². The summed E-state index contributed by atoms with van der Waals surface area (Å²) in [5.41, 5.74) is 10.2. The lowest BCUT2D eigenvalue weighted by atomic mass is 10.2. The standard InChI is InChI=1S/C11H15F3N2OS/c12-11(13,14)8-1-2-10(9(16)7-8)18-6-5-17-4-3-15/h1-2,7H,3-6,15-16H2. The summed E-state index contributed by atoms with van der Waals surface area (Å²) < 4.78 is 42.3. The number of anilines is 1. The molecular weight excluding hydrogens is 265 g/mol. The predicted molar refractivity (Wildman–Crippen MR) is 66.5 cm³/mol. The average Bonchev–Trinajstić information content (AvgIpc) is 2.29. The van der Waals surface area contributed by atoms with Crippen molar-refractivity contribution in [3.8, 4) is 0 Å². The first-order chi connectivity index (χ1) is 8.45. The maximum Gasteiger partial charge on any atom is 0.416 e. The monoisotopic (exact) mass is 280 g/mol. The van der Waals surface area contributed by atoms with Crippen molar-refractivity contribution >= 4 is 17.4 Å². The lowest BCUT2D eigenvalue weighted by molar-refractivity contribution is -0.137. The van der Waals surface area contributed by atoms with Crippen molar-refractivity contribution in [1.29, 1.82) is 0 Å². The summed E-state index contributed by atoms with van der Waals surface area (Å²) in [6.07, 6.45) is -4.36. The molecule has 0 aliphatic heterocycles. The third kappa shape index (κ3) is 4.75. The molecule has 0 atom stereocenters. The van der Waals surface area contributed by atoms with Crippen LogP contribution in [0.5, 0.6) is 0 Å². The average molecular weight is 280 g/mol. The van der Waals surface area contributed by atoms with E-state index in [9.17, 15) is 13.2 Å². The van der Waals surface area contributed by atoms with Gasteiger partial charge in [-0.15, -0.1) is 11.8 Å². The van der Waals surface area contributed by atoms with Crippen LogP contribution in [0.2, 0.25) is 0 Å². The Morgan fingerprint density at radius 1 is 1.22 bits per heavy atom. The molecule has 1 rings (SSSR count). The molecule has 3 nitrogen and oxygen atoms in total. The zero-order valence-corrected chi connectivity index (χ0v) is 10.5. The van der Waals surface area contributed by atoms with Gasteiger partial charge in [-0.2, -0.15) is 13.2 Å². The summed E-state index contributed by atoms with van der Waals surface area (Å²) in [4.78, 5) is 0.624. The van der Waals surface area contributed by atoms with Gasteiger partial charge in [0.15, 0.2) is 0 Å². The Kier molecular flexibility index (Phi) is 5.77. The van der Waals surface area contributed by atoms with Crippen LogP contribution in [0.15, 0.2) is 23.1 Å². The van der Waals surface area contributed by atoms with Gasteiger partial charge in [-0.25, -0.2) is 0 Å². The lowest BCUT2D eigenvalue weighted by Crippen LogP contribution is -2.10. The molecule has 0 unspecified atom stereocenters. The van der Waals surface area contributed by atoms with Gasteiger partial charge in [0.2, 0.25) is 0 Å². The van der Waals surface area contributed by atoms with Crippen molar-refractivity contribution in [2.45, 2.75) is 11.1 Å². The van der Waals surface area contributed by atoms with Gasteiger partial charge in [0.05, 0.1) is 18.8 Å². The lowest BCUT2D eigenvalue weighted by Gasteiger charge is -2.10. The summed E-state index contributed by atoms with van der Waals surface area (Å²) >= 11 is 1.36. The van der Waals surface area contributed by atoms with Crippen molar-refractivity contribution in [1.82, 2.24) is 0 Å². The molecule has 0 saturated heterocycles. The molecule has 0 bridgehead atoms. The number of nitrogen functional groups attached to an aromatic ring is 1. The second-order valence-electron chi connectivity index (χ2n) is 3.50. The molecule has 0 radical (unpaired) electrons. The Balaban J connectivity index is 2.53. The topological polar surface area (TPSA) is 61.3 Å². The van der Waals surface area contributed by atoms with Gasteiger partial charge in [-0.1, -0.05) is 0 Å². The van der Waals surface area contributed by atoms with E-state index in [1.54, 1.807) is 0 Å². The van der Waals surface area contributed by atoms with Crippen molar-refractivity contribution in [3.05, 3.63) is 23.8 Å². The SMILES string of the molecule is NCCOCCSc1ccc(C(F)(F)F)cc1N. The van der Waals surface area contributed by atoms with E-state index in [0.717, 1.165) is 12.1 Å². The molecule has 0 heterocycles. The summed E-state index contributed by atoms with van der Waals surface area (Å²) in [5, 5.41) is 0. The van der Waals surface area contributed by atoms with Gasteiger partial charge in [0, 0.05) is 22.9 Å². The number of hydrogen-bond acceptors (Lipinski definition) is 4. The van der Waals surface area contributed by atoms with Crippen LogP contribution in [0.3, 0.4) is 0 Å². The quantitative estimate of drug-likeness (QED) is 0.477. The van der Waals surface area contributed by atoms with Crippen molar-refractivity contribution < 1.29 is 17.9 Å². The van der Waals surface area contributed by atoms with Crippen LogP contribution < -0.4 is 11.5 Å². The van der Waals surface area contributed by atoms with E-state index in [0.29, 0.717) is 30.4 Å². The van der Waals surface area contributed by atoms with E-state index in [4.69, 9.17) is 16.2 Å². The maximum atomic E-state index is 12.4. The molecule has 0 amide bonds. The van der Waals surface area contributed by atoms with E-state index < -0.39 is 11.7 Å². The number of benzene rings is 1. The van der Waals surface area contributed by atoms with Gasteiger partial charge in [-0.3, -0.25) is 0 Å². The fourth-order valence-corrected chi connectivity index (χ4v) is 2.06. The third-order valence-electron chi connectivity index (χ3n) is 2.08. The molecule has 0 aliphatic carbocycles. The molecular formula is C11H15F3N2OS. The third-order valence-corrected chi connectivity index (χ3v) is 3.14. The van der Waals surface area contributed by atoms with Gasteiger partial charge in [0.25, 0.3) is 0 Å². The normalized spacial score (nSPS) is 11.8. The largest absolute Gasteiger partial charge is 0.416 e. The minimum absolute atomic E-state index is 0.133. The first-order valence-electron chi connectivity index (χ1n) is 5.32. The maximum absolute atomic E-state index is 12.4. The van der Waals surface area contributed by atoms with Crippen LogP contribution in [-0.2, 0) is 10.9 Å². The molecule has 0 aliphatic rings. The highest BCUT2D eigenvalue weighted by molar-refractivity contribution is 7.99. The van der Waals surface area contributed by atoms with Gasteiger partial charge in [-0.05, 0) is 18.2 Å². The molecule has 0 spiro atoms. The molecule has 1 aromatic rings. The number of halogens is 3. The Hall–Kier alpha value is -0.920. The summed E-state index contributed by atoms with van der Waals surface area (Å²) in [6, 6.07) is 3.36.